The lowest BCUT2D eigenvalue weighted by molar-refractivity contribution is 0.102. The molecule has 0 fully saturated rings. The van der Waals surface area contributed by atoms with Crippen LogP contribution in [-0.2, 0) is 0 Å². The molecule has 0 aliphatic heterocycles. The first-order chi connectivity index (χ1) is 9.15. The number of methoxy groups -OCH3 is 1. The topological polar surface area (TPSA) is 90.8 Å². The van der Waals surface area contributed by atoms with E-state index in [1.54, 1.807) is 18.2 Å². The summed E-state index contributed by atoms with van der Waals surface area (Å²) in [6.45, 7) is 0. The lowest BCUT2D eigenvalue weighted by atomic mass is 10.2. The Morgan fingerprint density at radius 1 is 1.58 bits per heavy atom. The van der Waals surface area contributed by atoms with Crippen molar-refractivity contribution in [1.82, 2.24) is 10.2 Å². The minimum Gasteiger partial charge on any atom is -0.497 e. The zero-order valence-corrected chi connectivity index (χ0v) is 11.5. The molecule has 1 aromatic heterocycles. The van der Waals surface area contributed by atoms with E-state index >= 15 is 0 Å². The number of rotatable bonds is 3. The molecule has 1 amide bonds. The van der Waals surface area contributed by atoms with Gasteiger partial charge in [0.15, 0.2) is 0 Å². The molecule has 0 aliphatic carbocycles. The highest BCUT2D eigenvalue weighted by Gasteiger charge is 2.14. The molecule has 7 heteroatoms. The van der Waals surface area contributed by atoms with Gasteiger partial charge in [0.2, 0.25) is 0 Å². The van der Waals surface area contributed by atoms with Crippen LogP contribution in [0.1, 0.15) is 15.9 Å². The van der Waals surface area contributed by atoms with E-state index in [0.717, 1.165) is 0 Å². The number of carbonyl (C=O) groups excluding carboxylic acids is 1. The Labute approximate surface area is 117 Å². The molecule has 0 atom stereocenters. The van der Waals surface area contributed by atoms with Crippen molar-refractivity contribution in [2.45, 2.75) is 0 Å². The fourth-order valence-electron chi connectivity index (χ4n) is 1.45. The Bertz CT molecular complexity index is 660. The number of aromatic amines is 1. The Morgan fingerprint density at radius 2 is 2.37 bits per heavy atom. The second-order valence-electron chi connectivity index (χ2n) is 3.57. The van der Waals surface area contributed by atoms with Crippen molar-refractivity contribution in [3.63, 3.8) is 0 Å². The average molecular weight is 321 g/mol. The normalized spacial score (nSPS) is 9.74. The number of halogens is 1. The monoisotopic (exact) mass is 320 g/mol. The molecule has 1 aromatic carbocycles. The number of amides is 1. The summed E-state index contributed by atoms with van der Waals surface area (Å²) in [6.07, 6.45) is 1.34. The minimum atomic E-state index is -0.369. The number of nitrogens with one attached hydrogen (secondary N) is 2. The predicted molar refractivity (Wildman–Crippen MR) is 71.9 cm³/mol. The molecule has 2 rings (SSSR count). The zero-order chi connectivity index (χ0) is 13.8. The molecule has 96 valence electrons. The number of aromatic nitrogens is 2. The van der Waals surface area contributed by atoms with Crippen molar-refractivity contribution in [2.24, 2.45) is 0 Å². The number of carbonyl (C=O) groups is 1. The van der Waals surface area contributed by atoms with Crippen LogP contribution < -0.4 is 10.1 Å². The van der Waals surface area contributed by atoms with Gasteiger partial charge in [-0.3, -0.25) is 9.89 Å². The third-order valence-electron chi connectivity index (χ3n) is 2.42. The molecule has 0 bridgehead atoms. The summed E-state index contributed by atoms with van der Waals surface area (Å²) in [4.78, 5) is 12.1. The fraction of sp³-hybridized carbons (Fsp3) is 0.0833. The van der Waals surface area contributed by atoms with Crippen LogP contribution in [0.2, 0.25) is 0 Å². The highest BCUT2D eigenvalue weighted by atomic mass is 79.9. The smallest absolute Gasteiger partial charge is 0.258 e. The van der Waals surface area contributed by atoms with E-state index in [9.17, 15) is 4.79 Å². The molecular formula is C12H9BrN4O2. The lowest BCUT2D eigenvalue weighted by Crippen LogP contribution is -2.13. The summed E-state index contributed by atoms with van der Waals surface area (Å²) in [6, 6.07) is 6.97. The molecule has 2 N–H and O–H groups in total. The maximum absolute atomic E-state index is 12.1. The molecule has 1 heterocycles. The molecule has 0 radical (unpaired) electrons. The van der Waals surface area contributed by atoms with Gasteiger partial charge in [0.05, 0.1) is 18.9 Å². The Morgan fingerprint density at radius 3 is 3.05 bits per heavy atom. The van der Waals surface area contributed by atoms with Crippen LogP contribution in [0.5, 0.6) is 5.75 Å². The van der Waals surface area contributed by atoms with Crippen molar-refractivity contribution in [3.05, 3.63) is 40.0 Å². The number of anilines is 1. The number of H-pyrrole nitrogens is 1. The van der Waals surface area contributed by atoms with Crippen molar-refractivity contribution in [2.75, 3.05) is 12.4 Å². The summed E-state index contributed by atoms with van der Waals surface area (Å²) in [5.41, 5.74) is 0.671. The van der Waals surface area contributed by atoms with Gasteiger partial charge < -0.3 is 10.1 Å². The van der Waals surface area contributed by atoms with Crippen molar-refractivity contribution >= 4 is 27.7 Å². The van der Waals surface area contributed by atoms with Crippen LogP contribution in [0, 0.1) is 11.3 Å². The first-order valence-corrected chi connectivity index (χ1v) is 6.03. The maximum atomic E-state index is 12.1. The Kier molecular flexibility index (Phi) is 3.82. The number of benzene rings is 1. The molecular weight excluding hydrogens is 312 g/mol. The van der Waals surface area contributed by atoms with Crippen LogP contribution in [0.15, 0.2) is 28.9 Å². The van der Waals surface area contributed by atoms with Crippen LogP contribution in [0.4, 0.5) is 5.82 Å². The third-order valence-corrected chi connectivity index (χ3v) is 3.11. The number of nitrogens with zero attached hydrogens (tertiary/aromatic N) is 2. The molecule has 0 unspecified atom stereocenters. The molecule has 0 aliphatic rings. The molecule has 19 heavy (non-hydrogen) atoms. The average Bonchev–Trinajstić information content (AvgIpc) is 2.86. The summed E-state index contributed by atoms with van der Waals surface area (Å²) < 4.78 is 5.70. The molecule has 0 saturated heterocycles. The summed E-state index contributed by atoms with van der Waals surface area (Å²) in [5, 5.41) is 17.7. The lowest BCUT2D eigenvalue weighted by Gasteiger charge is -2.07. The third kappa shape index (κ3) is 2.74. The van der Waals surface area contributed by atoms with Gasteiger partial charge in [0.1, 0.15) is 23.2 Å². The van der Waals surface area contributed by atoms with E-state index in [0.29, 0.717) is 15.8 Å². The maximum Gasteiger partial charge on any atom is 0.258 e. The first kappa shape index (κ1) is 13.1. The standard InChI is InChI=1S/C12H9BrN4O2/c1-19-8-2-3-10(13)9(4-8)12(18)16-11-7(5-14)6-15-17-11/h2-4,6H,1H3,(H2,15,16,17,18). The van der Waals surface area contributed by atoms with E-state index in [4.69, 9.17) is 10.00 Å². The fourth-order valence-corrected chi connectivity index (χ4v) is 1.88. The first-order valence-electron chi connectivity index (χ1n) is 5.24. The molecule has 0 saturated carbocycles. The number of nitriles is 1. The van der Waals surface area contributed by atoms with Crippen molar-refractivity contribution < 1.29 is 9.53 Å². The van der Waals surface area contributed by atoms with Crippen molar-refractivity contribution in [3.8, 4) is 11.8 Å². The van der Waals surface area contributed by atoms with E-state index in [1.807, 2.05) is 6.07 Å². The van der Waals surface area contributed by atoms with Crippen LogP contribution in [0.25, 0.3) is 0 Å². The van der Waals surface area contributed by atoms with Gasteiger partial charge in [0.25, 0.3) is 5.91 Å². The summed E-state index contributed by atoms with van der Waals surface area (Å²) in [7, 11) is 1.52. The van der Waals surface area contributed by atoms with Crippen LogP contribution in [-0.4, -0.2) is 23.2 Å². The van der Waals surface area contributed by atoms with Gasteiger partial charge in [-0.2, -0.15) is 10.4 Å². The van der Waals surface area contributed by atoms with Gasteiger partial charge in [-0.05, 0) is 34.1 Å². The second-order valence-corrected chi connectivity index (χ2v) is 4.42. The van der Waals surface area contributed by atoms with E-state index < -0.39 is 0 Å². The quantitative estimate of drug-likeness (QED) is 0.907. The highest BCUT2D eigenvalue weighted by Crippen LogP contribution is 2.23. The predicted octanol–water partition coefficient (Wildman–Crippen LogP) is 2.30. The van der Waals surface area contributed by atoms with Gasteiger partial charge in [0, 0.05) is 4.47 Å². The van der Waals surface area contributed by atoms with Crippen LogP contribution >= 0.6 is 15.9 Å². The van der Waals surface area contributed by atoms with Crippen molar-refractivity contribution in [1.29, 1.82) is 5.26 Å². The number of hydrogen-bond acceptors (Lipinski definition) is 4. The van der Waals surface area contributed by atoms with Gasteiger partial charge in [-0.25, -0.2) is 0 Å². The zero-order valence-electron chi connectivity index (χ0n) is 9.90. The molecule has 0 spiro atoms. The SMILES string of the molecule is COc1ccc(Br)c(C(=O)Nc2[nH]ncc2C#N)c1. The van der Waals surface area contributed by atoms with E-state index in [2.05, 4.69) is 31.4 Å². The second kappa shape index (κ2) is 5.54. The molecule has 6 nitrogen and oxygen atoms in total. The summed E-state index contributed by atoms with van der Waals surface area (Å²) >= 11 is 3.29. The van der Waals surface area contributed by atoms with E-state index in [1.165, 1.54) is 13.3 Å². The largest absolute Gasteiger partial charge is 0.497 e. The van der Waals surface area contributed by atoms with Gasteiger partial charge >= 0.3 is 0 Å². The molecule has 2 aromatic rings. The minimum absolute atomic E-state index is 0.266. The Balaban J connectivity index is 2.28. The number of ether oxygens (including phenoxy) is 1. The van der Waals surface area contributed by atoms with Gasteiger partial charge in [-0.15, -0.1) is 0 Å². The van der Waals surface area contributed by atoms with Gasteiger partial charge in [-0.1, -0.05) is 0 Å². The van der Waals surface area contributed by atoms with Crippen LogP contribution in [0.3, 0.4) is 0 Å². The Hall–Kier alpha value is -2.33. The highest BCUT2D eigenvalue weighted by molar-refractivity contribution is 9.10. The van der Waals surface area contributed by atoms with E-state index in [-0.39, 0.29) is 17.3 Å². The summed E-state index contributed by atoms with van der Waals surface area (Å²) in [5.74, 6) is 0.465. The number of hydrogen-bond donors (Lipinski definition) is 2.